The third-order valence-electron chi connectivity index (χ3n) is 4.23. The summed E-state index contributed by atoms with van der Waals surface area (Å²) in [6.45, 7) is 3.44. The first-order valence-corrected chi connectivity index (χ1v) is 12.3. The number of aromatic nitrogens is 2. The Balaban J connectivity index is 1.74. The fourth-order valence-corrected chi connectivity index (χ4v) is 6.20. The third-order valence-corrected chi connectivity index (χ3v) is 7.70. The van der Waals surface area contributed by atoms with Crippen LogP contribution in [0.2, 0.25) is 0 Å². The summed E-state index contributed by atoms with van der Waals surface area (Å²) in [5.41, 5.74) is 0.933. The van der Waals surface area contributed by atoms with E-state index in [9.17, 15) is 8.42 Å². The highest BCUT2D eigenvalue weighted by Crippen LogP contribution is 2.24. The lowest BCUT2D eigenvalue weighted by molar-refractivity contribution is 0.156. The van der Waals surface area contributed by atoms with Gasteiger partial charge in [0.25, 0.3) is 0 Å². The maximum Gasteiger partial charge on any atom is 0.209 e. The normalized spacial score (nSPS) is 19.1. The van der Waals surface area contributed by atoms with Crippen molar-refractivity contribution in [2.24, 2.45) is 0 Å². The van der Waals surface area contributed by atoms with E-state index in [0.29, 0.717) is 17.0 Å². The van der Waals surface area contributed by atoms with Gasteiger partial charge in [0.15, 0.2) is 13.8 Å². The van der Waals surface area contributed by atoms with Crippen molar-refractivity contribution < 1.29 is 8.42 Å². The molecule has 1 aliphatic heterocycles. The number of sulfone groups is 1. The predicted octanol–water partition coefficient (Wildman–Crippen LogP) is 4.04. The second-order valence-corrected chi connectivity index (χ2v) is 11.1. The van der Waals surface area contributed by atoms with Gasteiger partial charge in [-0.3, -0.25) is 4.90 Å². The summed E-state index contributed by atoms with van der Waals surface area (Å²) in [7, 11) is -2.91. The molecule has 0 spiro atoms. The molecule has 0 amide bonds. The zero-order chi connectivity index (χ0) is 18.7. The topological polar surface area (TPSA) is 67.2 Å². The fraction of sp³-hybridized carbons (Fsp3) is 0.500. The zero-order valence-corrected chi connectivity index (χ0v) is 18.4. The van der Waals surface area contributed by atoms with Gasteiger partial charge in [-0.1, -0.05) is 40.3 Å². The van der Waals surface area contributed by atoms with Crippen LogP contribution in [0.4, 0.5) is 10.8 Å². The van der Waals surface area contributed by atoms with Gasteiger partial charge in [-0.2, -0.15) is 0 Å². The molecule has 2 aromatic rings. The van der Waals surface area contributed by atoms with Crippen molar-refractivity contribution in [2.75, 3.05) is 23.4 Å². The molecule has 0 bridgehead atoms. The number of nitrogens with one attached hydrogen (secondary N) is 1. The average Bonchev–Trinajstić information content (AvgIpc) is 3.09. The maximum absolute atomic E-state index is 11.8. The molecule has 0 saturated carbocycles. The minimum absolute atomic E-state index is 0.0463. The molecule has 1 N–H and O–H groups in total. The number of anilines is 2. The van der Waals surface area contributed by atoms with Crippen molar-refractivity contribution in [3.8, 4) is 0 Å². The van der Waals surface area contributed by atoms with Gasteiger partial charge in [0.2, 0.25) is 5.13 Å². The van der Waals surface area contributed by atoms with Crippen LogP contribution in [-0.4, -0.2) is 47.2 Å². The minimum Gasteiger partial charge on any atom is -0.330 e. The fourth-order valence-electron chi connectivity index (χ4n) is 3.03. The Hall–Kier alpha value is -0.810. The Morgan fingerprint density at radius 3 is 2.96 bits per heavy atom. The molecular weight excluding hydrogens is 456 g/mol. The molecule has 26 heavy (non-hydrogen) atoms. The molecule has 1 aliphatic rings. The Bertz CT molecular complexity index is 926. The van der Waals surface area contributed by atoms with Crippen molar-refractivity contribution in [3.63, 3.8) is 0 Å². The van der Waals surface area contributed by atoms with E-state index in [4.69, 9.17) is 12.2 Å². The van der Waals surface area contributed by atoms with Gasteiger partial charge in [0.1, 0.15) is 0 Å². The highest BCUT2D eigenvalue weighted by atomic mass is 79.9. The molecule has 10 heteroatoms. The summed E-state index contributed by atoms with van der Waals surface area (Å²) in [5.74, 6) is 0.504. The van der Waals surface area contributed by atoms with Gasteiger partial charge in [0.05, 0.1) is 18.2 Å². The first kappa shape index (κ1) is 19.9. The van der Waals surface area contributed by atoms with Crippen LogP contribution in [0.25, 0.3) is 0 Å². The molecule has 3 rings (SSSR count). The lowest BCUT2D eigenvalue weighted by Gasteiger charge is -2.27. The van der Waals surface area contributed by atoms with Crippen LogP contribution >= 0.6 is 39.5 Å². The molecule has 142 valence electrons. The summed E-state index contributed by atoms with van der Waals surface area (Å²) in [6.07, 6.45) is 1.64. The molecule has 6 nitrogen and oxygen atoms in total. The van der Waals surface area contributed by atoms with Crippen molar-refractivity contribution in [1.29, 1.82) is 0 Å². The summed E-state index contributed by atoms with van der Waals surface area (Å²) < 4.78 is 27.1. The third kappa shape index (κ3) is 5.13. The monoisotopic (exact) mass is 476 g/mol. The highest BCUT2D eigenvalue weighted by Gasteiger charge is 2.32. The molecule has 1 fully saturated rings. The molecule has 1 aromatic heterocycles. The lowest BCUT2D eigenvalue weighted by Crippen LogP contribution is -2.38. The van der Waals surface area contributed by atoms with Gasteiger partial charge in [-0.05, 0) is 49.8 Å². The Labute approximate surface area is 171 Å². The summed E-state index contributed by atoms with van der Waals surface area (Å²) in [6, 6.07) is 7.90. The molecule has 2 heterocycles. The van der Waals surface area contributed by atoms with Crippen LogP contribution in [0.3, 0.4) is 0 Å². The average molecular weight is 477 g/mol. The first-order valence-electron chi connectivity index (χ1n) is 8.41. The zero-order valence-electron chi connectivity index (χ0n) is 14.4. The number of halogens is 1. The van der Waals surface area contributed by atoms with Crippen LogP contribution in [0, 0.1) is 3.95 Å². The minimum atomic E-state index is -2.91. The van der Waals surface area contributed by atoms with Gasteiger partial charge in [-0.25, -0.2) is 13.1 Å². The van der Waals surface area contributed by atoms with E-state index in [0.717, 1.165) is 28.3 Å². The molecule has 1 aromatic carbocycles. The van der Waals surface area contributed by atoms with Gasteiger partial charge >= 0.3 is 0 Å². The largest absolute Gasteiger partial charge is 0.330 e. The smallest absolute Gasteiger partial charge is 0.209 e. The van der Waals surface area contributed by atoms with Crippen molar-refractivity contribution in [2.45, 2.75) is 32.5 Å². The molecule has 0 radical (unpaired) electrons. The summed E-state index contributed by atoms with van der Waals surface area (Å²) in [4.78, 5) is 2.18. The van der Waals surface area contributed by atoms with Crippen molar-refractivity contribution in [3.05, 3.63) is 32.7 Å². The number of hydrogen-bond donors (Lipinski definition) is 1. The predicted molar refractivity (Wildman–Crippen MR) is 112 cm³/mol. The molecule has 1 saturated heterocycles. The second kappa shape index (κ2) is 8.47. The number of benzene rings is 1. The Morgan fingerprint density at radius 2 is 2.31 bits per heavy atom. The van der Waals surface area contributed by atoms with Crippen LogP contribution in [0.15, 0.2) is 28.7 Å². The van der Waals surface area contributed by atoms with E-state index < -0.39 is 9.84 Å². The molecular formula is C16H21BrN4O2S3. The SMILES string of the molecule is CCCN(Cn1nc(Nc2cccc(Br)c2)sc1=S)C1CCS(=O)(=O)C1. The first-order chi connectivity index (χ1) is 12.4. The van der Waals surface area contributed by atoms with Crippen LogP contribution < -0.4 is 5.32 Å². The van der Waals surface area contributed by atoms with Gasteiger partial charge in [0, 0.05) is 16.2 Å². The van der Waals surface area contributed by atoms with E-state index in [1.807, 2.05) is 24.3 Å². The molecule has 0 aliphatic carbocycles. The van der Waals surface area contributed by atoms with Crippen LogP contribution in [0.1, 0.15) is 19.8 Å². The van der Waals surface area contributed by atoms with E-state index in [2.05, 4.69) is 38.2 Å². The maximum atomic E-state index is 11.8. The van der Waals surface area contributed by atoms with E-state index in [1.54, 1.807) is 4.68 Å². The summed E-state index contributed by atoms with van der Waals surface area (Å²) >= 11 is 10.3. The van der Waals surface area contributed by atoms with Crippen molar-refractivity contribution in [1.82, 2.24) is 14.7 Å². The van der Waals surface area contributed by atoms with Crippen LogP contribution in [0.5, 0.6) is 0 Å². The Kier molecular flexibility index (Phi) is 6.50. The Morgan fingerprint density at radius 1 is 1.50 bits per heavy atom. The highest BCUT2D eigenvalue weighted by molar-refractivity contribution is 9.10. The van der Waals surface area contributed by atoms with E-state index in [-0.39, 0.29) is 17.5 Å². The molecule has 1 unspecified atom stereocenters. The standard InChI is InChI=1S/C16H21BrN4O2S3/c1-2-7-20(14-6-8-26(22,23)10-14)11-21-16(24)25-15(19-21)18-13-5-3-4-12(17)9-13/h3-5,9,14H,2,6-8,10-11H2,1H3,(H,18,19). The van der Waals surface area contributed by atoms with Crippen LogP contribution in [-0.2, 0) is 16.5 Å². The van der Waals surface area contributed by atoms with Gasteiger partial charge < -0.3 is 5.32 Å². The molecule has 1 atom stereocenters. The summed E-state index contributed by atoms with van der Waals surface area (Å²) in [5, 5.41) is 8.57. The second-order valence-electron chi connectivity index (χ2n) is 6.32. The van der Waals surface area contributed by atoms with Gasteiger partial charge in [-0.15, -0.1) is 5.10 Å². The van der Waals surface area contributed by atoms with E-state index in [1.165, 1.54) is 11.3 Å². The van der Waals surface area contributed by atoms with E-state index >= 15 is 0 Å². The number of rotatable bonds is 7. The van der Waals surface area contributed by atoms with Crippen molar-refractivity contribution >= 4 is 60.1 Å². The number of hydrogen-bond acceptors (Lipinski definition) is 7. The number of nitrogens with zero attached hydrogens (tertiary/aromatic N) is 3. The lowest BCUT2D eigenvalue weighted by atomic mass is 10.2. The quantitative estimate of drug-likeness (QED) is 0.608.